The van der Waals surface area contributed by atoms with E-state index in [1.165, 1.54) is 11.3 Å². The van der Waals surface area contributed by atoms with Gasteiger partial charge < -0.3 is 10.2 Å². The van der Waals surface area contributed by atoms with Crippen molar-refractivity contribution in [1.82, 2.24) is 20.0 Å². The monoisotopic (exact) mass is 406 g/mol. The molecule has 6 nitrogen and oxygen atoms in total. The van der Waals surface area contributed by atoms with Crippen LogP contribution in [0, 0.1) is 0 Å². The van der Waals surface area contributed by atoms with Crippen LogP contribution in [0.3, 0.4) is 0 Å². The van der Waals surface area contributed by atoms with Crippen molar-refractivity contribution in [2.75, 3.05) is 13.1 Å². The van der Waals surface area contributed by atoms with Gasteiger partial charge in [-0.05, 0) is 42.5 Å². The van der Waals surface area contributed by atoms with Crippen molar-refractivity contribution in [1.29, 1.82) is 0 Å². The van der Waals surface area contributed by atoms with E-state index in [0.29, 0.717) is 18.7 Å². The van der Waals surface area contributed by atoms with E-state index in [9.17, 15) is 9.59 Å². The fourth-order valence-corrected chi connectivity index (χ4v) is 3.96. The summed E-state index contributed by atoms with van der Waals surface area (Å²) >= 11 is 1.51. The van der Waals surface area contributed by atoms with Gasteiger partial charge in [0.05, 0.1) is 11.9 Å². The fraction of sp³-hybridized carbons (Fsp3) is 0.227. The predicted molar refractivity (Wildman–Crippen MR) is 114 cm³/mol. The number of piperidine rings is 1. The molecule has 0 radical (unpaired) electrons. The first-order valence-corrected chi connectivity index (χ1v) is 10.5. The van der Waals surface area contributed by atoms with Crippen LogP contribution >= 0.6 is 11.3 Å². The van der Waals surface area contributed by atoms with E-state index in [1.807, 2.05) is 58.3 Å². The molecular formula is C22H22N4O2S. The van der Waals surface area contributed by atoms with Crippen LogP contribution in [0.15, 0.2) is 65.6 Å². The molecule has 1 fully saturated rings. The summed E-state index contributed by atoms with van der Waals surface area (Å²) in [6.45, 7) is 1.28. The Morgan fingerprint density at radius 2 is 1.93 bits per heavy atom. The first-order chi connectivity index (χ1) is 14.2. The summed E-state index contributed by atoms with van der Waals surface area (Å²) in [5.74, 6) is -0.0496. The van der Waals surface area contributed by atoms with Crippen LogP contribution in [0.25, 0.3) is 11.8 Å². The summed E-state index contributed by atoms with van der Waals surface area (Å²) in [5, 5.41) is 11.1. The largest absolute Gasteiger partial charge is 0.349 e. The zero-order valence-corrected chi connectivity index (χ0v) is 16.7. The maximum Gasteiger partial charge on any atom is 0.252 e. The second-order valence-corrected chi connectivity index (χ2v) is 7.75. The van der Waals surface area contributed by atoms with Crippen molar-refractivity contribution in [3.05, 3.63) is 76.8 Å². The molecule has 2 aromatic heterocycles. The van der Waals surface area contributed by atoms with Crippen LogP contribution in [0.1, 0.15) is 28.8 Å². The van der Waals surface area contributed by atoms with Gasteiger partial charge >= 0.3 is 0 Å². The molecule has 0 bridgehead atoms. The number of thiophene rings is 1. The number of aromatic nitrogens is 2. The van der Waals surface area contributed by atoms with Crippen LogP contribution in [0.4, 0.5) is 0 Å². The van der Waals surface area contributed by atoms with Gasteiger partial charge in [0.15, 0.2) is 0 Å². The van der Waals surface area contributed by atoms with Crippen molar-refractivity contribution in [2.45, 2.75) is 18.9 Å². The SMILES string of the molecule is O=C(NC1CCN(C(=O)/C=C/c2cnn(-c3ccccc3)c2)CC1)c1ccsc1. The minimum absolute atomic E-state index is 0.0138. The first-order valence-electron chi connectivity index (χ1n) is 9.59. The number of amides is 2. The summed E-state index contributed by atoms with van der Waals surface area (Å²) in [7, 11) is 0. The molecule has 1 N–H and O–H groups in total. The van der Waals surface area contributed by atoms with E-state index in [4.69, 9.17) is 0 Å². The van der Waals surface area contributed by atoms with Gasteiger partial charge in [-0.25, -0.2) is 4.68 Å². The van der Waals surface area contributed by atoms with E-state index in [0.717, 1.165) is 24.1 Å². The van der Waals surface area contributed by atoms with Gasteiger partial charge in [-0.2, -0.15) is 16.4 Å². The molecule has 0 atom stereocenters. The zero-order chi connectivity index (χ0) is 20.1. The Balaban J connectivity index is 1.28. The molecule has 1 aliphatic rings. The number of carbonyl (C=O) groups is 2. The lowest BCUT2D eigenvalue weighted by molar-refractivity contribution is -0.126. The summed E-state index contributed by atoms with van der Waals surface area (Å²) in [4.78, 5) is 26.5. The molecule has 1 saturated heterocycles. The first kappa shape index (κ1) is 19.1. The lowest BCUT2D eigenvalue weighted by atomic mass is 10.0. The molecule has 0 aliphatic carbocycles. The number of hydrogen-bond donors (Lipinski definition) is 1. The highest BCUT2D eigenvalue weighted by Crippen LogP contribution is 2.14. The Morgan fingerprint density at radius 1 is 1.14 bits per heavy atom. The van der Waals surface area contributed by atoms with Crippen LogP contribution in [-0.4, -0.2) is 45.6 Å². The number of hydrogen-bond acceptors (Lipinski definition) is 4. The lowest BCUT2D eigenvalue weighted by Gasteiger charge is -2.31. The average molecular weight is 407 g/mol. The quantitative estimate of drug-likeness (QED) is 0.661. The Morgan fingerprint density at radius 3 is 2.66 bits per heavy atom. The summed E-state index contributed by atoms with van der Waals surface area (Å²) in [6.07, 6.45) is 8.55. The van der Waals surface area contributed by atoms with E-state index in [1.54, 1.807) is 23.0 Å². The Hall–Kier alpha value is -3.19. The third-order valence-corrected chi connectivity index (χ3v) is 5.65. The van der Waals surface area contributed by atoms with E-state index in [2.05, 4.69) is 10.4 Å². The number of carbonyl (C=O) groups excluding carboxylic acids is 2. The molecule has 1 aliphatic heterocycles. The summed E-state index contributed by atoms with van der Waals surface area (Å²) in [5.41, 5.74) is 2.55. The third-order valence-electron chi connectivity index (χ3n) is 4.97. The molecule has 1 aromatic carbocycles. The Kier molecular flexibility index (Phi) is 5.86. The number of likely N-dealkylation sites (tertiary alicyclic amines) is 1. The van der Waals surface area contributed by atoms with Crippen molar-refractivity contribution >= 4 is 29.2 Å². The molecule has 3 heterocycles. The molecule has 0 spiro atoms. The minimum atomic E-state index is -0.0358. The molecule has 2 amide bonds. The summed E-state index contributed by atoms with van der Waals surface area (Å²) < 4.78 is 1.78. The molecular weight excluding hydrogens is 384 g/mol. The average Bonchev–Trinajstić information content (AvgIpc) is 3.45. The van der Waals surface area contributed by atoms with Crippen molar-refractivity contribution < 1.29 is 9.59 Å². The van der Waals surface area contributed by atoms with Crippen LogP contribution in [0.2, 0.25) is 0 Å². The van der Waals surface area contributed by atoms with Gasteiger partial charge in [0.25, 0.3) is 5.91 Å². The van der Waals surface area contributed by atoms with Gasteiger partial charge in [-0.3, -0.25) is 9.59 Å². The standard InChI is InChI=1S/C22H22N4O2S/c27-21(7-6-17-14-23-26(15-17)20-4-2-1-3-5-20)25-11-8-19(9-12-25)24-22(28)18-10-13-29-16-18/h1-7,10,13-16,19H,8-9,11-12H2,(H,24,28)/b7-6+. The topological polar surface area (TPSA) is 67.2 Å². The van der Waals surface area contributed by atoms with Gasteiger partial charge in [0.1, 0.15) is 0 Å². The highest BCUT2D eigenvalue weighted by atomic mass is 32.1. The van der Waals surface area contributed by atoms with Crippen molar-refractivity contribution in [3.8, 4) is 5.69 Å². The maximum absolute atomic E-state index is 12.5. The smallest absolute Gasteiger partial charge is 0.252 e. The van der Waals surface area contributed by atoms with E-state index in [-0.39, 0.29) is 17.9 Å². The second-order valence-electron chi connectivity index (χ2n) is 6.97. The highest BCUT2D eigenvalue weighted by molar-refractivity contribution is 7.08. The highest BCUT2D eigenvalue weighted by Gasteiger charge is 2.23. The Labute approximate surface area is 173 Å². The molecule has 0 unspecified atom stereocenters. The second kappa shape index (κ2) is 8.87. The van der Waals surface area contributed by atoms with E-state index < -0.39 is 0 Å². The summed E-state index contributed by atoms with van der Waals surface area (Å²) in [6, 6.07) is 11.8. The minimum Gasteiger partial charge on any atom is -0.349 e. The molecule has 7 heteroatoms. The van der Waals surface area contributed by atoms with Gasteiger partial charge in [0.2, 0.25) is 5.91 Å². The molecule has 148 valence electrons. The number of nitrogens with zero attached hydrogens (tertiary/aromatic N) is 3. The predicted octanol–water partition coefficient (Wildman–Crippen LogP) is 3.37. The van der Waals surface area contributed by atoms with Crippen LogP contribution in [0.5, 0.6) is 0 Å². The molecule has 4 rings (SSSR count). The number of nitrogens with one attached hydrogen (secondary N) is 1. The maximum atomic E-state index is 12.5. The lowest BCUT2D eigenvalue weighted by Crippen LogP contribution is -2.46. The molecule has 29 heavy (non-hydrogen) atoms. The molecule has 0 saturated carbocycles. The van der Waals surface area contributed by atoms with Gasteiger partial charge in [-0.15, -0.1) is 0 Å². The third kappa shape index (κ3) is 4.81. The molecule has 3 aromatic rings. The van der Waals surface area contributed by atoms with Crippen LogP contribution in [-0.2, 0) is 4.79 Å². The van der Waals surface area contributed by atoms with Gasteiger partial charge in [0, 0.05) is 47.9 Å². The Bertz CT molecular complexity index is 987. The van der Waals surface area contributed by atoms with Crippen molar-refractivity contribution in [2.24, 2.45) is 0 Å². The normalized spacial score (nSPS) is 15.0. The zero-order valence-electron chi connectivity index (χ0n) is 15.9. The van der Waals surface area contributed by atoms with Crippen molar-refractivity contribution in [3.63, 3.8) is 0 Å². The van der Waals surface area contributed by atoms with E-state index >= 15 is 0 Å². The number of para-hydroxylation sites is 1. The fourth-order valence-electron chi connectivity index (χ4n) is 3.32. The van der Waals surface area contributed by atoms with Gasteiger partial charge in [-0.1, -0.05) is 18.2 Å². The van der Waals surface area contributed by atoms with Crippen LogP contribution < -0.4 is 5.32 Å². The number of rotatable bonds is 5. The number of benzene rings is 1.